The summed E-state index contributed by atoms with van der Waals surface area (Å²) in [6.45, 7) is 2.00. The highest BCUT2D eigenvalue weighted by molar-refractivity contribution is 5.86. The molecule has 0 aliphatic carbocycles. The predicted molar refractivity (Wildman–Crippen MR) is 73.3 cm³/mol. The molecule has 2 aromatic rings. The van der Waals surface area contributed by atoms with Gasteiger partial charge in [-0.15, -0.1) is 0 Å². The lowest BCUT2D eigenvalue weighted by molar-refractivity contribution is -0.142. The normalized spacial score (nSPS) is 12.4. The van der Waals surface area contributed by atoms with E-state index in [0.29, 0.717) is 6.42 Å². The van der Waals surface area contributed by atoms with Gasteiger partial charge < -0.3 is 20.2 Å². The molecular formula is C14H18N2O3. The molecule has 1 heterocycles. The number of hydrogen-bond donors (Lipinski definition) is 2. The summed E-state index contributed by atoms with van der Waals surface area (Å²) in [5.41, 5.74) is 8.81. The third-order valence-electron chi connectivity index (χ3n) is 3.30. The van der Waals surface area contributed by atoms with Gasteiger partial charge in [-0.25, -0.2) is 0 Å². The highest BCUT2D eigenvalue weighted by atomic mass is 16.5. The monoisotopic (exact) mass is 262 g/mol. The second kappa shape index (κ2) is 5.32. The maximum absolute atomic E-state index is 11.4. The molecule has 0 saturated heterocycles. The summed E-state index contributed by atoms with van der Waals surface area (Å²) in [5, 5.41) is 1.08. The first-order valence-electron chi connectivity index (χ1n) is 6.05. The second-order valence-corrected chi connectivity index (χ2v) is 4.47. The van der Waals surface area contributed by atoms with Crippen molar-refractivity contribution in [2.24, 2.45) is 5.73 Å². The Bertz CT molecular complexity index is 604. The molecule has 102 valence electrons. The number of methoxy groups -OCH3 is 2. The minimum absolute atomic E-state index is 0.407. The van der Waals surface area contributed by atoms with Crippen molar-refractivity contribution >= 4 is 16.9 Å². The number of rotatable bonds is 4. The maximum Gasteiger partial charge on any atom is 0.323 e. The van der Waals surface area contributed by atoms with E-state index in [9.17, 15) is 4.79 Å². The Kier molecular flexibility index (Phi) is 3.76. The Morgan fingerprint density at radius 2 is 2.16 bits per heavy atom. The molecule has 1 aromatic carbocycles. The van der Waals surface area contributed by atoms with E-state index in [4.69, 9.17) is 10.5 Å². The van der Waals surface area contributed by atoms with Gasteiger partial charge in [0.2, 0.25) is 0 Å². The minimum Gasteiger partial charge on any atom is -0.497 e. The first-order valence-corrected chi connectivity index (χ1v) is 6.05. The van der Waals surface area contributed by atoms with Gasteiger partial charge in [-0.05, 0) is 30.7 Å². The molecular weight excluding hydrogens is 244 g/mol. The van der Waals surface area contributed by atoms with E-state index >= 15 is 0 Å². The van der Waals surface area contributed by atoms with Crippen molar-refractivity contribution in [3.8, 4) is 5.75 Å². The molecule has 2 rings (SSSR count). The van der Waals surface area contributed by atoms with Gasteiger partial charge in [0.25, 0.3) is 0 Å². The number of aromatic nitrogens is 1. The van der Waals surface area contributed by atoms with Crippen molar-refractivity contribution in [1.82, 2.24) is 4.98 Å². The van der Waals surface area contributed by atoms with Crippen LogP contribution in [0.25, 0.3) is 10.9 Å². The fraction of sp³-hybridized carbons (Fsp3) is 0.357. The van der Waals surface area contributed by atoms with Gasteiger partial charge in [0.15, 0.2) is 0 Å². The smallest absolute Gasteiger partial charge is 0.323 e. The molecule has 1 aromatic heterocycles. The fourth-order valence-corrected chi connectivity index (χ4v) is 2.15. The van der Waals surface area contributed by atoms with Gasteiger partial charge in [0.05, 0.1) is 14.2 Å². The molecule has 0 saturated carbocycles. The molecule has 0 amide bonds. The molecule has 0 bridgehead atoms. The number of fused-ring (bicyclic) bond motifs is 1. The number of H-pyrrole nitrogens is 1. The van der Waals surface area contributed by atoms with E-state index in [-0.39, 0.29) is 0 Å². The van der Waals surface area contributed by atoms with Crippen molar-refractivity contribution in [2.75, 3.05) is 14.2 Å². The summed E-state index contributed by atoms with van der Waals surface area (Å²) in [7, 11) is 2.97. The van der Waals surface area contributed by atoms with Crippen LogP contribution in [0.5, 0.6) is 5.75 Å². The summed E-state index contributed by atoms with van der Waals surface area (Å²) in [5.74, 6) is 0.397. The molecule has 1 unspecified atom stereocenters. The number of carbonyl (C=O) groups excluding carboxylic acids is 1. The van der Waals surface area contributed by atoms with Crippen LogP contribution in [0.1, 0.15) is 11.3 Å². The van der Waals surface area contributed by atoms with Crippen molar-refractivity contribution in [3.63, 3.8) is 0 Å². The highest BCUT2D eigenvalue weighted by Crippen LogP contribution is 2.26. The van der Waals surface area contributed by atoms with Crippen LogP contribution in [-0.2, 0) is 16.0 Å². The van der Waals surface area contributed by atoms with Gasteiger partial charge >= 0.3 is 5.97 Å². The molecule has 0 radical (unpaired) electrons. The number of esters is 1. The highest BCUT2D eigenvalue weighted by Gasteiger charge is 2.17. The van der Waals surface area contributed by atoms with E-state index in [0.717, 1.165) is 27.9 Å². The van der Waals surface area contributed by atoms with Crippen LogP contribution < -0.4 is 10.5 Å². The molecule has 0 spiro atoms. The van der Waals surface area contributed by atoms with Gasteiger partial charge in [-0.3, -0.25) is 4.79 Å². The topological polar surface area (TPSA) is 77.3 Å². The van der Waals surface area contributed by atoms with Crippen LogP contribution in [0.2, 0.25) is 0 Å². The van der Waals surface area contributed by atoms with Gasteiger partial charge in [-0.1, -0.05) is 0 Å². The zero-order valence-electron chi connectivity index (χ0n) is 11.3. The molecule has 19 heavy (non-hydrogen) atoms. The van der Waals surface area contributed by atoms with Crippen molar-refractivity contribution in [2.45, 2.75) is 19.4 Å². The summed E-state index contributed by atoms with van der Waals surface area (Å²) in [4.78, 5) is 14.6. The molecule has 3 N–H and O–H groups in total. The average molecular weight is 262 g/mol. The number of nitrogens with two attached hydrogens (primary N) is 1. The molecule has 0 aliphatic heterocycles. The van der Waals surface area contributed by atoms with E-state index < -0.39 is 12.0 Å². The molecule has 0 fully saturated rings. The number of carbonyl (C=O) groups is 1. The maximum atomic E-state index is 11.4. The molecule has 5 nitrogen and oxygen atoms in total. The van der Waals surface area contributed by atoms with Crippen LogP contribution >= 0.6 is 0 Å². The molecule has 5 heteroatoms. The van der Waals surface area contributed by atoms with Crippen LogP contribution in [0.15, 0.2) is 18.2 Å². The molecule has 1 atom stereocenters. The summed E-state index contributed by atoms with van der Waals surface area (Å²) in [6, 6.07) is 5.16. The van der Waals surface area contributed by atoms with Crippen molar-refractivity contribution < 1.29 is 14.3 Å². The predicted octanol–water partition coefficient (Wildman–Crippen LogP) is 1.53. The number of ether oxygens (including phenoxy) is 2. The Labute approximate surface area is 111 Å². The fourth-order valence-electron chi connectivity index (χ4n) is 2.15. The summed E-state index contributed by atoms with van der Waals surface area (Å²) < 4.78 is 9.85. The number of aryl methyl sites for hydroxylation is 1. The van der Waals surface area contributed by atoms with Crippen molar-refractivity contribution in [1.29, 1.82) is 0 Å². The van der Waals surface area contributed by atoms with E-state index in [2.05, 4.69) is 9.72 Å². The number of aromatic amines is 1. The summed E-state index contributed by atoms with van der Waals surface area (Å²) in [6.07, 6.45) is 0.426. The third kappa shape index (κ3) is 2.56. The standard InChI is InChI=1S/C14H18N2O3/c1-8-10-6-9(18-2)4-5-12(10)16-13(8)7-11(15)14(17)19-3/h4-6,11,16H,7,15H2,1-3H3. The summed E-state index contributed by atoms with van der Waals surface area (Å²) >= 11 is 0. The van der Waals surface area contributed by atoms with Gasteiger partial charge in [-0.2, -0.15) is 0 Å². The zero-order valence-corrected chi connectivity index (χ0v) is 11.3. The van der Waals surface area contributed by atoms with Gasteiger partial charge in [0, 0.05) is 23.0 Å². The average Bonchev–Trinajstić information content (AvgIpc) is 2.74. The number of nitrogens with one attached hydrogen (secondary N) is 1. The third-order valence-corrected chi connectivity index (χ3v) is 3.30. The Balaban J connectivity index is 2.34. The van der Waals surface area contributed by atoms with E-state index in [1.54, 1.807) is 7.11 Å². The lowest BCUT2D eigenvalue weighted by Crippen LogP contribution is -2.33. The second-order valence-electron chi connectivity index (χ2n) is 4.47. The zero-order chi connectivity index (χ0) is 14.0. The Morgan fingerprint density at radius 1 is 1.42 bits per heavy atom. The van der Waals surface area contributed by atoms with E-state index in [1.807, 2.05) is 25.1 Å². The van der Waals surface area contributed by atoms with Crippen molar-refractivity contribution in [3.05, 3.63) is 29.5 Å². The Hall–Kier alpha value is -2.01. The van der Waals surface area contributed by atoms with Crippen LogP contribution in [-0.4, -0.2) is 31.2 Å². The van der Waals surface area contributed by atoms with Crippen LogP contribution in [0, 0.1) is 6.92 Å². The first kappa shape index (κ1) is 13.4. The van der Waals surface area contributed by atoms with Crippen LogP contribution in [0.3, 0.4) is 0 Å². The lowest BCUT2D eigenvalue weighted by atomic mass is 10.1. The number of hydrogen-bond acceptors (Lipinski definition) is 4. The Morgan fingerprint density at radius 3 is 2.79 bits per heavy atom. The quantitative estimate of drug-likeness (QED) is 0.819. The SMILES string of the molecule is COC(=O)C(N)Cc1[nH]c2ccc(OC)cc2c1C. The largest absolute Gasteiger partial charge is 0.497 e. The lowest BCUT2D eigenvalue weighted by Gasteiger charge is -2.08. The molecule has 0 aliphatic rings. The first-order chi connectivity index (χ1) is 9.06. The van der Waals surface area contributed by atoms with E-state index in [1.165, 1.54) is 7.11 Å². The number of benzene rings is 1. The minimum atomic E-state index is -0.654. The van der Waals surface area contributed by atoms with Crippen LogP contribution in [0.4, 0.5) is 0 Å². The van der Waals surface area contributed by atoms with Gasteiger partial charge in [0.1, 0.15) is 11.8 Å².